The fourth-order valence-corrected chi connectivity index (χ4v) is 4.71. The van der Waals surface area contributed by atoms with Crippen LogP contribution in [0.1, 0.15) is 15.9 Å². The minimum Gasteiger partial charge on any atom is -0.379 e. The van der Waals surface area contributed by atoms with Crippen molar-refractivity contribution >= 4 is 32.9 Å². The number of hydrazone groups is 1. The molecule has 0 radical (unpaired) electrons. The summed E-state index contributed by atoms with van der Waals surface area (Å²) in [6.07, 6.45) is 1.55. The lowest BCUT2D eigenvalue weighted by Gasteiger charge is -2.26. The van der Waals surface area contributed by atoms with E-state index in [2.05, 4.69) is 10.5 Å². The Labute approximate surface area is 175 Å². The first-order valence-corrected chi connectivity index (χ1v) is 11.0. The van der Waals surface area contributed by atoms with Gasteiger partial charge in [-0.3, -0.25) is 4.79 Å². The van der Waals surface area contributed by atoms with Crippen LogP contribution in [0.25, 0.3) is 10.8 Å². The van der Waals surface area contributed by atoms with E-state index in [1.165, 1.54) is 16.4 Å². The molecule has 7 nitrogen and oxygen atoms in total. The van der Waals surface area contributed by atoms with E-state index in [0.717, 1.165) is 16.3 Å². The van der Waals surface area contributed by atoms with Gasteiger partial charge in [0.25, 0.3) is 5.91 Å². The van der Waals surface area contributed by atoms with E-state index in [1.807, 2.05) is 42.5 Å². The predicted octanol–water partition coefficient (Wildman–Crippen LogP) is 2.62. The summed E-state index contributed by atoms with van der Waals surface area (Å²) in [6.45, 7) is 1.33. The van der Waals surface area contributed by atoms with Gasteiger partial charge in [0.1, 0.15) is 0 Å². The molecule has 0 saturated carbocycles. The molecule has 1 aliphatic heterocycles. The van der Waals surface area contributed by atoms with Crippen LogP contribution in [-0.4, -0.2) is 51.1 Å². The summed E-state index contributed by atoms with van der Waals surface area (Å²) in [6, 6.07) is 19.8. The second kappa shape index (κ2) is 8.74. The molecule has 1 fully saturated rings. The minimum absolute atomic E-state index is 0.0792. The van der Waals surface area contributed by atoms with Gasteiger partial charge in [0.05, 0.1) is 24.3 Å². The van der Waals surface area contributed by atoms with Gasteiger partial charge in [0, 0.05) is 18.7 Å². The van der Waals surface area contributed by atoms with E-state index in [-0.39, 0.29) is 10.5 Å². The van der Waals surface area contributed by atoms with E-state index in [0.29, 0.717) is 26.3 Å². The average molecular weight is 423 g/mol. The summed E-state index contributed by atoms with van der Waals surface area (Å²) < 4.78 is 32.1. The van der Waals surface area contributed by atoms with Crippen LogP contribution in [0.15, 0.2) is 76.7 Å². The standard InChI is InChI=1S/C22H21N3O4S/c26-22(24-23-16-17-8-9-18-4-1-2-5-19(18)14-17)20-6-3-7-21(15-20)30(27,28)25-10-12-29-13-11-25/h1-9,14-16H,10-13H2,(H,24,26)/b23-16-. The van der Waals surface area contributed by atoms with Crippen LogP contribution >= 0.6 is 0 Å². The topological polar surface area (TPSA) is 88.1 Å². The van der Waals surface area contributed by atoms with E-state index in [1.54, 1.807) is 18.3 Å². The summed E-state index contributed by atoms with van der Waals surface area (Å²) in [4.78, 5) is 12.5. The van der Waals surface area contributed by atoms with Crippen LogP contribution in [0.3, 0.4) is 0 Å². The van der Waals surface area contributed by atoms with Crippen molar-refractivity contribution in [2.75, 3.05) is 26.3 Å². The van der Waals surface area contributed by atoms with Crippen molar-refractivity contribution in [3.63, 3.8) is 0 Å². The zero-order valence-corrected chi connectivity index (χ0v) is 17.0. The van der Waals surface area contributed by atoms with Crippen molar-refractivity contribution in [3.8, 4) is 0 Å². The minimum atomic E-state index is -3.67. The predicted molar refractivity (Wildman–Crippen MR) is 115 cm³/mol. The van der Waals surface area contributed by atoms with Crippen LogP contribution < -0.4 is 5.43 Å². The van der Waals surface area contributed by atoms with Gasteiger partial charge >= 0.3 is 0 Å². The largest absolute Gasteiger partial charge is 0.379 e. The Balaban J connectivity index is 1.46. The first-order chi connectivity index (χ1) is 14.5. The number of sulfonamides is 1. The Hall–Kier alpha value is -3.07. The molecule has 8 heteroatoms. The van der Waals surface area contributed by atoms with Gasteiger partial charge in [-0.25, -0.2) is 13.8 Å². The fourth-order valence-electron chi connectivity index (χ4n) is 3.25. The van der Waals surface area contributed by atoms with Gasteiger partial charge in [-0.05, 0) is 40.6 Å². The second-order valence-electron chi connectivity index (χ2n) is 6.85. The number of fused-ring (bicyclic) bond motifs is 1. The highest BCUT2D eigenvalue weighted by Crippen LogP contribution is 2.18. The van der Waals surface area contributed by atoms with Gasteiger partial charge < -0.3 is 4.74 Å². The van der Waals surface area contributed by atoms with Gasteiger partial charge in [-0.1, -0.05) is 42.5 Å². The van der Waals surface area contributed by atoms with E-state index >= 15 is 0 Å². The Kier molecular flexibility index (Phi) is 5.89. The summed E-state index contributed by atoms with van der Waals surface area (Å²) in [5.74, 6) is -0.480. The van der Waals surface area contributed by atoms with Gasteiger partial charge in [-0.2, -0.15) is 9.41 Å². The molecule has 3 aromatic carbocycles. The third-order valence-corrected chi connectivity index (χ3v) is 6.75. The number of nitrogens with one attached hydrogen (secondary N) is 1. The Morgan fingerprint density at radius 3 is 2.53 bits per heavy atom. The number of amides is 1. The highest BCUT2D eigenvalue weighted by atomic mass is 32.2. The number of rotatable bonds is 5. The SMILES string of the molecule is O=C(N/N=C\c1ccc2ccccc2c1)c1cccc(S(=O)(=O)N2CCOCC2)c1. The molecule has 154 valence electrons. The zero-order valence-electron chi connectivity index (χ0n) is 16.2. The third kappa shape index (κ3) is 4.40. The number of carbonyl (C=O) groups excluding carboxylic acids is 1. The maximum Gasteiger partial charge on any atom is 0.271 e. The van der Waals surface area contributed by atoms with Gasteiger partial charge in [-0.15, -0.1) is 0 Å². The lowest BCUT2D eigenvalue weighted by Crippen LogP contribution is -2.40. The molecule has 0 bridgehead atoms. The maximum atomic E-state index is 12.8. The quantitative estimate of drug-likeness (QED) is 0.505. The van der Waals surface area contributed by atoms with Crippen LogP contribution in [0.5, 0.6) is 0 Å². The highest BCUT2D eigenvalue weighted by Gasteiger charge is 2.26. The number of ether oxygens (including phenoxy) is 1. The smallest absolute Gasteiger partial charge is 0.271 e. The third-order valence-electron chi connectivity index (χ3n) is 4.86. The molecule has 4 rings (SSSR count). The molecule has 1 saturated heterocycles. The molecule has 0 spiro atoms. The molecule has 1 aliphatic rings. The lowest BCUT2D eigenvalue weighted by atomic mass is 10.1. The summed E-state index contributed by atoms with van der Waals surface area (Å²) in [5.41, 5.74) is 3.52. The molecular weight excluding hydrogens is 402 g/mol. The number of nitrogens with zero attached hydrogens (tertiary/aromatic N) is 2. The Bertz CT molecular complexity index is 1200. The first kappa shape index (κ1) is 20.2. The molecule has 30 heavy (non-hydrogen) atoms. The molecular formula is C22H21N3O4S. The number of carbonyl (C=O) groups is 1. The fraction of sp³-hybridized carbons (Fsp3) is 0.182. The number of benzene rings is 3. The van der Waals surface area contributed by atoms with Crippen LogP contribution in [0.2, 0.25) is 0 Å². The summed E-state index contributed by atoms with van der Waals surface area (Å²) in [5, 5.41) is 6.21. The van der Waals surface area contributed by atoms with Crippen LogP contribution in [0, 0.1) is 0 Å². The van der Waals surface area contributed by atoms with E-state index in [4.69, 9.17) is 4.74 Å². The average Bonchev–Trinajstić information content (AvgIpc) is 2.79. The monoisotopic (exact) mass is 423 g/mol. The Morgan fingerprint density at radius 1 is 0.967 bits per heavy atom. The number of hydrogen-bond donors (Lipinski definition) is 1. The van der Waals surface area contributed by atoms with Crippen molar-refractivity contribution in [1.82, 2.24) is 9.73 Å². The van der Waals surface area contributed by atoms with Crippen LogP contribution in [0.4, 0.5) is 0 Å². The first-order valence-electron chi connectivity index (χ1n) is 9.54. The van der Waals surface area contributed by atoms with Gasteiger partial charge in [0.2, 0.25) is 10.0 Å². The Morgan fingerprint density at radius 2 is 1.73 bits per heavy atom. The highest BCUT2D eigenvalue weighted by molar-refractivity contribution is 7.89. The van der Waals surface area contributed by atoms with Gasteiger partial charge in [0.15, 0.2) is 0 Å². The van der Waals surface area contributed by atoms with Crippen molar-refractivity contribution in [1.29, 1.82) is 0 Å². The normalized spacial score (nSPS) is 15.5. The molecule has 3 aromatic rings. The molecule has 1 N–H and O–H groups in total. The summed E-state index contributed by atoms with van der Waals surface area (Å²) in [7, 11) is -3.67. The van der Waals surface area contributed by atoms with Crippen molar-refractivity contribution in [2.24, 2.45) is 5.10 Å². The van der Waals surface area contributed by atoms with E-state index in [9.17, 15) is 13.2 Å². The van der Waals surface area contributed by atoms with Crippen LogP contribution in [-0.2, 0) is 14.8 Å². The zero-order chi connectivity index (χ0) is 21.0. The molecule has 0 aromatic heterocycles. The lowest BCUT2D eigenvalue weighted by molar-refractivity contribution is 0.0730. The summed E-state index contributed by atoms with van der Waals surface area (Å²) >= 11 is 0. The van der Waals surface area contributed by atoms with Crippen molar-refractivity contribution in [3.05, 3.63) is 77.9 Å². The van der Waals surface area contributed by atoms with Crippen molar-refractivity contribution < 1.29 is 17.9 Å². The molecule has 0 aliphatic carbocycles. The number of morpholine rings is 1. The molecule has 1 heterocycles. The van der Waals surface area contributed by atoms with E-state index < -0.39 is 15.9 Å². The second-order valence-corrected chi connectivity index (χ2v) is 8.79. The molecule has 0 unspecified atom stereocenters. The molecule has 0 atom stereocenters. The number of hydrogen-bond acceptors (Lipinski definition) is 5. The van der Waals surface area contributed by atoms with Crippen molar-refractivity contribution in [2.45, 2.75) is 4.90 Å². The molecule has 1 amide bonds. The maximum absolute atomic E-state index is 12.8.